The molecular weight excluding hydrogens is 198 g/mol. The molecule has 0 fully saturated rings. The van der Waals surface area contributed by atoms with Gasteiger partial charge in [0.05, 0.1) is 0 Å². The minimum atomic E-state index is -0.939. The third-order valence-electron chi connectivity index (χ3n) is 1.73. The molecule has 0 aromatic rings. The Morgan fingerprint density at radius 1 is 1.50 bits per heavy atom. The smallest absolute Gasteiger partial charge is 0.320 e. The summed E-state index contributed by atoms with van der Waals surface area (Å²) in [6.07, 6.45) is 3.60. The first kappa shape index (κ1) is 16.2. The molecule has 0 saturated carbocycles. The van der Waals surface area contributed by atoms with Crippen molar-refractivity contribution < 1.29 is 9.90 Å². The summed E-state index contributed by atoms with van der Waals surface area (Å²) in [7, 11) is 0. The number of hydrogen-bond donors (Lipinski definition) is 3. The van der Waals surface area contributed by atoms with Crippen LogP contribution in [0.2, 0.25) is 0 Å². The molecule has 0 amide bonds. The molecule has 86 valence electrons. The number of rotatable bonds is 6. The van der Waals surface area contributed by atoms with Crippen LogP contribution in [-0.2, 0) is 4.79 Å². The molecule has 0 aromatic carbocycles. The molecule has 0 aromatic heterocycles. The minimum Gasteiger partial charge on any atom is -0.480 e. The molecule has 0 radical (unpaired) electrons. The van der Waals surface area contributed by atoms with E-state index >= 15 is 0 Å². The number of hydrogen-bond acceptors (Lipinski definition) is 3. The molecule has 2 atom stereocenters. The predicted molar refractivity (Wildman–Crippen MR) is 63.9 cm³/mol. The van der Waals surface area contributed by atoms with Gasteiger partial charge in [-0.05, 0) is 12.8 Å². The van der Waals surface area contributed by atoms with Crippen molar-refractivity contribution in [3.63, 3.8) is 0 Å². The second kappa shape index (κ2) is 10.9. The maximum absolute atomic E-state index is 10.3. The summed E-state index contributed by atoms with van der Waals surface area (Å²) in [5.74, 6) is -0.939. The molecule has 14 heavy (non-hydrogen) atoms. The SMILES string of the molecule is CC.CCCCC(S)CC(N)C(=O)O. The Labute approximate surface area is 92.5 Å². The number of carboxylic acids is 1. The first-order valence-electron chi connectivity index (χ1n) is 5.24. The summed E-state index contributed by atoms with van der Waals surface area (Å²) in [6.45, 7) is 6.09. The van der Waals surface area contributed by atoms with Crippen molar-refractivity contribution >= 4 is 18.6 Å². The lowest BCUT2D eigenvalue weighted by Crippen LogP contribution is -2.32. The Morgan fingerprint density at radius 2 is 2.00 bits per heavy atom. The molecule has 0 heterocycles. The average Bonchev–Trinajstić information content (AvgIpc) is 2.17. The third kappa shape index (κ3) is 9.86. The minimum absolute atomic E-state index is 0.121. The number of carbonyl (C=O) groups is 1. The van der Waals surface area contributed by atoms with Gasteiger partial charge in [-0.1, -0.05) is 33.6 Å². The van der Waals surface area contributed by atoms with Gasteiger partial charge in [0.25, 0.3) is 0 Å². The van der Waals surface area contributed by atoms with Crippen molar-refractivity contribution in [1.82, 2.24) is 0 Å². The van der Waals surface area contributed by atoms with Crippen molar-refractivity contribution in [3.8, 4) is 0 Å². The lowest BCUT2D eigenvalue weighted by Gasteiger charge is -2.12. The van der Waals surface area contributed by atoms with E-state index in [2.05, 4.69) is 19.6 Å². The molecule has 0 aliphatic rings. The topological polar surface area (TPSA) is 63.3 Å². The summed E-state index contributed by atoms with van der Waals surface area (Å²) >= 11 is 4.25. The number of unbranched alkanes of at least 4 members (excludes halogenated alkanes) is 1. The maximum atomic E-state index is 10.3. The van der Waals surface area contributed by atoms with Gasteiger partial charge < -0.3 is 10.8 Å². The Kier molecular flexibility index (Phi) is 12.6. The molecule has 0 aliphatic heterocycles. The first-order chi connectivity index (χ1) is 6.57. The largest absolute Gasteiger partial charge is 0.480 e. The van der Waals surface area contributed by atoms with Crippen LogP contribution in [0.4, 0.5) is 0 Å². The van der Waals surface area contributed by atoms with E-state index in [-0.39, 0.29) is 5.25 Å². The van der Waals surface area contributed by atoms with Crippen LogP contribution in [0.25, 0.3) is 0 Å². The molecule has 0 rings (SSSR count). The summed E-state index contributed by atoms with van der Waals surface area (Å²) in [4.78, 5) is 10.3. The van der Waals surface area contributed by atoms with Gasteiger partial charge in [-0.15, -0.1) is 0 Å². The Bertz CT molecular complexity index is 142. The van der Waals surface area contributed by atoms with E-state index in [1.807, 2.05) is 13.8 Å². The van der Waals surface area contributed by atoms with Crippen molar-refractivity contribution in [3.05, 3.63) is 0 Å². The highest BCUT2D eigenvalue weighted by atomic mass is 32.1. The average molecular weight is 221 g/mol. The van der Waals surface area contributed by atoms with Crippen molar-refractivity contribution in [2.45, 2.75) is 57.7 Å². The van der Waals surface area contributed by atoms with Gasteiger partial charge in [-0.25, -0.2) is 0 Å². The first-order valence-corrected chi connectivity index (χ1v) is 5.76. The molecule has 4 heteroatoms. The summed E-state index contributed by atoms with van der Waals surface area (Å²) in [5, 5.41) is 8.62. The molecule has 0 spiro atoms. The third-order valence-corrected chi connectivity index (χ3v) is 2.20. The number of aliphatic carboxylic acids is 1. The summed E-state index contributed by atoms with van der Waals surface area (Å²) in [6, 6.07) is -0.760. The quantitative estimate of drug-likeness (QED) is 0.603. The van der Waals surface area contributed by atoms with Gasteiger partial charge in [-0.2, -0.15) is 12.6 Å². The van der Waals surface area contributed by atoms with Crippen molar-refractivity contribution in [2.75, 3.05) is 0 Å². The van der Waals surface area contributed by atoms with E-state index in [4.69, 9.17) is 10.8 Å². The van der Waals surface area contributed by atoms with E-state index in [1.165, 1.54) is 0 Å². The fourth-order valence-electron chi connectivity index (χ4n) is 0.952. The van der Waals surface area contributed by atoms with Gasteiger partial charge in [0, 0.05) is 5.25 Å². The molecule has 0 aliphatic carbocycles. The van der Waals surface area contributed by atoms with Gasteiger partial charge in [0.15, 0.2) is 0 Å². The zero-order valence-electron chi connectivity index (χ0n) is 9.36. The second-order valence-corrected chi connectivity index (χ2v) is 3.71. The van der Waals surface area contributed by atoms with E-state index in [9.17, 15) is 4.79 Å². The van der Waals surface area contributed by atoms with Crippen LogP contribution in [-0.4, -0.2) is 22.4 Å². The maximum Gasteiger partial charge on any atom is 0.320 e. The van der Waals surface area contributed by atoms with E-state index in [0.29, 0.717) is 6.42 Å². The Hall–Kier alpha value is -0.220. The van der Waals surface area contributed by atoms with E-state index in [0.717, 1.165) is 19.3 Å². The fraction of sp³-hybridized carbons (Fsp3) is 0.900. The lowest BCUT2D eigenvalue weighted by molar-refractivity contribution is -0.138. The van der Waals surface area contributed by atoms with Crippen LogP contribution < -0.4 is 5.73 Å². The zero-order chi connectivity index (χ0) is 11.6. The van der Waals surface area contributed by atoms with Gasteiger partial charge in [-0.3, -0.25) is 4.79 Å². The summed E-state index contributed by atoms with van der Waals surface area (Å²) in [5.41, 5.74) is 5.34. The monoisotopic (exact) mass is 221 g/mol. The fourth-order valence-corrected chi connectivity index (χ4v) is 1.36. The highest BCUT2D eigenvalue weighted by Crippen LogP contribution is 2.12. The van der Waals surface area contributed by atoms with E-state index < -0.39 is 12.0 Å². The van der Waals surface area contributed by atoms with Gasteiger partial charge in [0.2, 0.25) is 0 Å². The van der Waals surface area contributed by atoms with Crippen LogP contribution in [0.15, 0.2) is 0 Å². The lowest BCUT2D eigenvalue weighted by atomic mass is 10.1. The molecule has 0 bridgehead atoms. The number of thiol groups is 1. The number of nitrogens with two attached hydrogens (primary N) is 1. The Morgan fingerprint density at radius 3 is 2.36 bits per heavy atom. The van der Waals surface area contributed by atoms with Crippen LogP contribution in [0.1, 0.15) is 46.5 Å². The standard InChI is InChI=1S/C8H17NO2S.C2H6/c1-2-3-4-6(12)5-7(9)8(10)11;1-2/h6-7,12H,2-5,9H2,1H3,(H,10,11);1-2H3. The Balaban J connectivity index is 0. The highest BCUT2D eigenvalue weighted by Gasteiger charge is 2.15. The molecular formula is C10H23NO2S. The van der Waals surface area contributed by atoms with Crippen molar-refractivity contribution in [1.29, 1.82) is 0 Å². The molecule has 3 N–H and O–H groups in total. The highest BCUT2D eigenvalue weighted by molar-refractivity contribution is 7.80. The summed E-state index contributed by atoms with van der Waals surface area (Å²) < 4.78 is 0. The van der Waals surface area contributed by atoms with Gasteiger partial charge in [0.1, 0.15) is 6.04 Å². The molecule has 3 nitrogen and oxygen atoms in total. The molecule has 0 saturated heterocycles. The van der Waals surface area contributed by atoms with Gasteiger partial charge >= 0.3 is 5.97 Å². The zero-order valence-corrected chi connectivity index (χ0v) is 10.3. The second-order valence-electron chi connectivity index (χ2n) is 2.98. The van der Waals surface area contributed by atoms with Crippen LogP contribution in [0.5, 0.6) is 0 Å². The van der Waals surface area contributed by atoms with Crippen molar-refractivity contribution in [2.24, 2.45) is 5.73 Å². The van der Waals surface area contributed by atoms with Crippen LogP contribution in [0, 0.1) is 0 Å². The van der Waals surface area contributed by atoms with E-state index in [1.54, 1.807) is 0 Å². The normalized spacial score (nSPS) is 13.8. The van der Waals surface area contributed by atoms with Crippen LogP contribution >= 0.6 is 12.6 Å². The number of carboxylic acid groups (broad SMARTS) is 1. The predicted octanol–water partition coefficient (Wildman–Crippen LogP) is 2.30. The van der Waals surface area contributed by atoms with Crippen LogP contribution in [0.3, 0.4) is 0 Å². The molecule has 2 unspecified atom stereocenters.